The number of rotatable bonds is 8. The van der Waals surface area contributed by atoms with Gasteiger partial charge in [-0.3, -0.25) is 4.98 Å². The highest BCUT2D eigenvalue weighted by Crippen LogP contribution is 2.46. The van der Waals surface area contributed by atoms with Gasteiger partial charge < -0.3 is 9.26 Å². The highest BCUT2D eigenvalue weighted by Gasteiger charge is 2.35. The maximum atomic E-state index is 13.9. The van der Waals surface area contributed by atoms with Crippen LogP contribution >= 0.6 is 0 Å². The van der Waals surface area contributed by atoms with Crippen LogP contribution in [0.1, 0.15) is 88.9 Å². The van der Waals surface area contributed by atoms with Crippen LogP contribution in [0.15, 0.2) is 29.4 Å². The van der Waals surface area contributed by atoms with Gasteiger partial charge in [0.05, 0.1) is 18.0 Å². The fourth-order valence-electron chi connectivity index (χ4n) is 3.94. The number of nitrogens with zero attached hydrogens (tertiary/aromatic N) is 2. The third-order valence-corrected chi connectivity index (χ3v) is 6.12. The summed E-state index contributed by atoms with van der Waals surface area (Å²) in [7, 11) is 0.144. The number of halogens is 1. The van der Waals surface area contributed by atoms with Gasteiger partial charge in [-0.2, -0.15) is 0 Å². The van der Waals surface area contributed by atoms with E-state index >= 15 is 0 Å². The van der Waals surface area contributed by atoms with Crippen molar-refractivity contribution in [3.63, 3.8) is 0 Å². The summed E-state index contributed by atoms with van der Waals surface area (Å²) in [6.45, 7) is 19.6. The molecule has 1 aromatic heterocycles. The van der Waals surface area contributed by atoms with Gasteiger partial charge in [0.1, 0.15) is 12.9 Å². The van der Waals surface area contributed by atoms with Gasteiger partial charge >= 0.3 is 0 Å². The molecule has 1 unspecified atom stereocenters. The van der Waals surface area contributed by atoms with Gasteiger partial charge in [0.25, 0.3) is 0 Å². The Balaban J connectivity index is 3.11. The van der Waals surface area contributed by atoms with Crippen molar-refractivity contribution >= 4 is 15.3 Å². The summed E-state index contributed by atoms with van der Waals surface area (Å²) in [6, 6.07) is 6.67. The topological polar surface area (TPSA) is 43.7 Å². The third kappa shape index (κ3) is 6.04. The van der Waals surface area contributed by atoms with Gasteiger partial charge in [-0.15, -0.1) is 0 Å². The third-order valence-electron chi connectivity index (χ3n) is 5.30. The van der Waals surface area contributed by atoms with E-state index in [2.05, 4.69) is 66.7 Å². The van der Waals surface area contributed by atoms with Crippen LogP contribution in [0.25, 0.3) is 11.1 Å². The van der Waals surface area contributed by atoms with Crippen LogP contribution in [-0.4, -0.2) is 27.3 Å². The highest BCUT2D eigenvalue weighted by atomic mass is 28.3. The molecule has 2 aromatic rings. The van der Waals surface area contributed by atoms with E-state index in [0.717, 1.165) is 33.6 Å². The lowest BCUT2D eigenvalue weighted by Crippen LogP contribution is -2.29. The van der Waals surface area contributed by atoms with Crippen LogP contribution in [0.3, 0.4) is 0 Å². The summed E-state index contributed by atoms with van der Waals surface area (Å²) in [5.74, 6) is 0.104. The highest BCUT2D eigenvalue weighted by molar-refractivity contribution is 6.48. The molecule has 0 fully saturated rings. The van der Waals surface area contributed by atoms with Gasteiger partial charge in [0.15, 0.2) is 9.04 Å². The fraction of sp³-hybridized carbons (Fsp3) is 0.538. The van der Waals surface area contributed by atoms with Crippen molar-refractivity contribution in [3.05, 3.63) is 52.6 Å². The van der Waals surface area contributed by atoms with Crippen LogP contribution in [-0.2, 0) is 9.26 Å². The van der Waals surface area contributed by atoms with E-state index in [1.165, 1.54) is 19.2 Å². The molecule has 0 bridgehead atoms. The molecule has 0 spiro atoms. The van der Waals surface area contributed by atoms with Crippen LogP contribution in [0.4, 0.5) is 4.39 Å². The molecule has 6 heteroatoms. The molecule has 0 radical (unpaired) electrons. The Bertz CT molecular complexity index is 932. The van der Waals surface area contributed by atoms with Gasteiger partial charge in [-0.25, -0.2) is 4.39 Å². The minimum atomic E-state index is -1.39. The molecule has 2 rings (SSSR count). The van der Waals surface area contributed by atoms with Crippen LogP contribution in [0.5, 0.6) is 0 Å². The second-order valence-electron chi connectivity index (χ2n) is 10.2. The normalized spacial score (nSPS) is 13.6. The van der Waals surface area contributed by atoms with E-state index in [4.69, 9.17) is 14.2 Å². The van der Waals surface area contributed by atoms with E-state index < -0.39 is 9.04 Å². The Kier molecular flexibility index (Phi) is 8.77. The SMILES string of the molecule is CON=Cc1c(C(C)C)nc(C(C)C)c(C(O[SiH](C)C)C(C)(C)C)c1-c1ccc(F)cc1. The number of aromatic nitrogens is 1. The second kappa shape index (κ2) is 10.7. The zero-order chi connectivity index (χ0) is 24.2. The van der Waals surface area contributed by atoms with Gasteiger partial charge in [-0.1, -0.05) is 65.8 Å². The Hall–Kier alpha value is -2.05. The van der Waals surface area contributed by atoms with E-state index in [1.807, 2.05) is 12.1 Å². The van der Waals surface area contributed by atoms with Crippen molar-refractivity contribution in [1.29, 1.82) is 0 Å². The molecular weight excluding hydrogens is 419 g/mol. The minimum absolute atomic E-state index is 0.157. The van der Waals surface area contributed by atoms with Gasteiger partial charge in [0, 0.05) is 22.4 Å². The molecule has 4 nitrogen and oxygen atoms in total. The molecule has 32 heavy (non-hydrogen) atoms. The smallest absolute Gasteiger partial charge is 0.171 e. The van der Waals surface area contributed by atoms with Crippen molar-refractivity contribution in [3.8, 4) is 11.1 Å². The van der Waals surface area contributed by atoms with E-state index in [0.29, 0.717) is 0 Å². The number of hydrogen-bond donors (Lipinski definition) is 0. The molecule has 0 saturated carbocycles. The second-order valence-corrected chi connectivity index (χ2v) is 12.6. The maximum Gasteiger partial charge on any atom is 0.171 e. The molecule has 0 aliphatic carbocycles. The first kappa shape index (κ1) is 26.2. The van der Waals surface area contributed by atoms with Gasteiger partial charge in [0.2, 0.25) is 0 Å². The lowest BCUT2D eigenvalue weighted by Gasteiger charge is -2.37. The molecule has 1 heterocycles. The zero-order valence-corrected chi connectivity index (χ0v) is 22.4. The quantitative estimate of drug-likeness (QED) is 0.239. The summed E-state index contributed by atoms with van der Waals surface area (Å²) in [5.41, 5.74) is 5.71. The molecule has 0 aliphatic heterocycles. The number of hydrogen-bond acceptors (Lipinski definition) is 4. The molecule has 0 amide bonds. The van der Waals surface area contributed by atoms with Gasteiger partial charge in [-0.05, 0) is 48.0 Å². The van der Waals surface area contributed by atoms with Crippen molar-refractivity contribution in [2.75, 3.05) is 7.11 Å². The summed E-state index contributed by atoms with van der Waals surface area (Å²) in [6.07, 6.45) is 1.58. The first-order valence-electron chi connectivity index (χ1n) is 11.4. The molecule has 1 aromatic carbocycles. The predicted octanol–water partition coefficient (Wildman–Crippen LogP) is 7.20. The summed E-state index contributed by atoms with van der Waals surface area (Å²) in [4.78, 5) is 10.2. The lowest BCUT2D eigenvalue weighted by atomic mass is 9.77. The van der Waals surface area contributed by atoms with Crippen LogP contribution in [0.2, 0.25) is 13.1 Å². The lowest BCUT2D eigenvalue weighted by molar-refractivity contribution is 0.0855. The van der Waals surface area contributed by atoms with E-state index in [1.54, 1.807) is 6.21 Å². The number of oxime groups is 1. The van der Waals surface area contributed by atoms with E-state index in [-0.39, 0.29) is 29.2 Å². The van der Waals surface area contributed by atoms with Crippen molar-refractivity contribution < 1.29 is 13.7 Å². The Morgan fingerprint density at radius 3 is 2.00 bits per heavy atom. The average Bonchev–Trinajstić information content (AvgIpc) is 2.69. The minimum Gasteiger partial charge on any atom is -0.413 e. The summed E-state index contributed by atoms with van der Waals surface area (Å²) >= 11 is 0. The van der Waals surface area contributed by atoms with Crippen molar-refractivity contribution in [2.24, 2.45) is 10.6 Å². The van der Waals surface area contributed by atoms with Crippen molar-refractivity contribution in [2.45, 2.75) is 79.5 Å². The molecule has 1 atom stereocenters. The maximum absolute atomic E-state index is 13.9. The Morgan fingerprint density at radius 2 is 1.56 bits per heavy atom. The Morgan fingerprint density at radius 1 is 1.00 bits per heavy atom. The monoisotopic (exact) mass is 458 g/mol. The summed E-state index contributed by atoms with van der Waals surface area (Å²) in [5, 5.41) is 4.12. The molecular formula is C26H39FN2O2Si. The first-order chi connectivity index (χ1) is 14.9. The number of pyridine rings is 1. The van der Waals surface area contributed by atoms with Crippen LogP contribution < -0.4 is 0 Å². The molecule has 0 aliphatic rings. The molecule has 176 valence electrons. The average molecular weight is 459 g/mol. The van der Waals surface area contributed by atoms with Crippen LogP contribution in [0, 0.1) is 11.2 Å². The molecule has 0 N–H and O–H groups in total. The Labute approximate surface area is 195 Å². The summed E-state index contributed by atoms with van der Waals surface area (Å²) < 4.78 is 20.5. The largest absolute Gasteiger partial charge is 0.413 e. The standard InChI is InChI=1S/C26H39FN2O2Si/c1-16(2)23-20(15-28-30-8)21(18-11-13-19(27)14-12-18)22(24(29-23)17(3)4)25(26(5,6)7)31-32(9)10/h11-17,25,32H,1-10H3. The first-order valence-corrected chi connectivity index (χ1v) is 14.2. The predicted molar refractivity (Wildman–Crippen MR) is 135 cm³/mol. The molecule has 0 saturated heterocycles. The number of benzene rings is 1. The van der Waals surface area contributed by atoms with Crippen molar-refractivity contribution in [1.82, 2.24) is 4.98 Å². The zero-order valence-electron chi connectivity index (χ0n) is 21.3. The fourth-order valence-corrected chi connectivity index (χ4v) is 5.03. The van der Waals surface area contributed by atoms with E-state index in [9.17, 15) is 4.39 Å².